The summed E-state index contributed by atoms with van der Waals surface area (Å²) in [7, 11) is 0. The first-order chi connectivity index (χ1) is 7.90. The van der Waals surface area contributed by atoms with Gasteiger partial charge < -0.3 is 10.5 Å². The highest BCUT2D eigenvalue weighted by Crippen LogP contribution is 2.18. The second-order valence-electron chi connectivity index (χ2n) is 3.51. The molecule has 0 unspecified atom stereocenters. The van der Waals surface area contributed by atoms with Crippen LogP contribution in [0.5, 0.6) is 5.75 Å². The van der Waals surface area contributed by atoms with Gasteiger partial charge in [-0.25, -0.2) is 0 Å². The van der Waals surface area contributed by atoms with Gasteiger partial charge in [0, 0.05) is 12.1 Å². The summed E-state index contributed by atoms with van der Waals surface area (Å²) in [5, 5.41) is 0. The summed E-state index contributed by atoms with van der Waals surface area (Å²) in [6.45, 7) is 1.05. The Kier molecular flexibility index (Phi) is 3.57. The van der Waals surface area contributed by atoms with Gasteiger partial charge in [-0.3, -0.25) is 0 Å². The van der Waals surface area contributed by atoms with Crippen LogP contribution in [-0.4, -0.2) is 0 Å². The fraction of sp³-hybridized carbons (Fsp3) is 0.143. The molecule has 2 N–H and O–H groups in total. The van der Waals surface area contributed by atoms with E-state index in [1.165, 1.54) is 0 Å². The van der Waals surface area contributed by atoms with Gasteiger partial charge in [0.1, 0.15) is 12.4 Å². The van der Waals surface area contributed by atoms with Crippen LogP contribution in [0.25, 0.3) is 0 Å². The largest absolute Gasteiger partial charge is 0.489 e. The standard InChI is InChI=1S/C14H14NO/c15-10-13-8-4-5-9-14(13)16-11-12-6-2-1-3-7-12/h1-4,6-9H,10-11,15H2. The van der Waals surface area contributed by atoms with E-state index in [4.69, 9.17) is 10.5 Å². The zero-order valence-electron chi connectivity index (χ0n) is 9.02. The molecule has 0 aromatic heterocycles. The molecule has 2 aromatic rings. The summed E-state index contributed by atoms with van der Waals surface area (Å²) in [5.41, 5.74) is 7.78. The quantitative estimate of drug-likeness (QED) is 0.845. The van der Waals surface area contributed by atoms with Gasteiger partial charge in [-0.2, -0.15) is 0 Å². The molecule has 1 radical (unpaired) electrons. The van der Waals surface area contributed by atoms with Crippen molar-refractivity contribution in [3.05, 3.63) is 65.7 Å². The molecule has 0 bridgehead atoms. The Morgan fingerprint density at radius 2 is 1.94 bits per heavy atom. The minimum atomic E-state index is 0.485. The molecule has 2 nitrogen and oxygen atoms in total. The summed E-state index contributed by atoms with van der Waals surface area (Å²) in [4.78, 5) is 0. The number of rotatable bonds is 4. The Balaban J connectivity index is 2.05. The lowest BCUT2D eigenvalue weighted by Gasteiger charge is -2.09. The minimum Gasteiger partial charge on any atom is -0.489 e. The van der Waals surface area contributed by atoms with E-state index < -0.39 is 0 Å². The second kappa shape index (κ2) is 5.33. The van der Waals surface area contributed by atoms with E-state index in [0.29, 0.717) is 13.2 Å². The Morgan fingerprint density at radius 3 is 2.69 bits per heavy atom. The normalized spacial score (nSPS) is 10.1. The minimum absolute atomic E-state index is 0.485. The molecule has 0 amide bonds. The zero-order chi connectivity index (χ0) is 11.2. The monoisotopic (exact) mass is 212 g/mol. The van der Waals surface area contributed by atoms with Crippen LogP contribution < -0.4 is 10.5 Å². The summed E-state index contributed by atoms with van der Waals surface area (Å²) < 4.78 is 5.70. The van der Waals surface area contributed by atoms with Crippen molar-refractivity contribution in [3.8, 4) is 5.75 Å². The lowest BCUT2D eigenvalue weighted by molar-refractivity contribution is 0.303. The van der Waals surface area contributed by atoms with Crippen LogP contribution in [0.4, 0.5) is 0 Å². The number of ether oxygens (including phenoxy) is 1. The Morgan fingerprint density at radius 1 is 1.12 bits per heavy atom. The van der Waals surface area contributed by atoms with E-state index in [9.17, 15) is 0 Å². The molecule has 0 fully saturated rings. The highest BCUT2D eigenvalue weighted by Gasteiger charge is 2.00. The van der Waals surface area contributed by atoms with Gasteiger partial charge in [0.15, 0.2) is 0 Å². The van der Waals surface area contributed by atoms with E-state index in [0.717, 1.165) is 16.9 Å². The van der Waals surface area contributed by atoms with E-state index in [1.54, 1.807) is 0 Å². The third-order valence-corrected chi connectivity index (χ3v) is 2.37. The molecular formula is C14H14NO. The lowest BCUT2D eigenvalue weighted by atomic mass is 10.2. The van der Waals surface area contributed by atoms with Gasteiger partial charge in [0.25, 0.3) is 0 Å². The molecule has 81 valence electrons. The Labute approximate surface area is 95.7 Å². The molecule has 0 aliphatic heterocycles. The molecule has 0 aliphatic carbocycles. The first-order valence-corrected chi connectivity index (χ1v) is 5.26. The predicted octanol–water partition coefficient (Wildman–Crippen LogP) is 2.52. The first kappa shape index (κ1) is 10.7. The molecule has 0 heterocycles. The SMILES string of the molecule is NCc1cc[c]cc1OCc1ccccc1. The first-order valence-electron chi connectivity index (χ1n) is 5.26. The van der Waals surface area contributed by atoms with Crippen LogP contribution >= 0.6 is 0 Å². The summed E-state index contributed by atoms with van der Waals surface area (Å²) in [6, 6.07) is 18.7. The molecule has 16 heavy (non-hydrogen) atoms. The number of nitrogens with two attached hydrogens (primary N) is 1. The van der Waals surface area contributed by atoms with Crippen molar-refractivity contribution in [2.45, 2.75) is 13.2 Å². The van der Waals surface area contributed by atoms with Gasteiger partial charge in [0.05, 0.1) is 0 Å². The van der Waals surface area contributed by atoms with Gasteiger partial charge >= 0.3 is 0 Å². The number of benzene rings is 2. The molecule has 0 aliphatic rings. The van der Waals surface area contributed by atoms with Gasteiger partial charge in [-0.05, 0) is 17.7 Å². The summed E-state index contributed by atoms with van der Waals surface area (Å²) in [6.07, 6.45) is 0. The maximum Gasteiger partial charge on any atom is 0.124 e. The van der Waals surface area contributed by atoms with Gasteiger partial charge in [-0.1, -0.05) is 42.5 Å². The third-order valence-electron chi connectivity index (χ3n) is 2.37. The topological polar surface area (TPSA) is 35.2 Å². The van der Waals surface area contributed by atoms with Crippen molar-refractivity contribution in [1.29, 1.82) is 0 Å². The summed E-state index contributed by atoms with van der Waals surface area (Å²) >= 11 is 0. The number of hydrogen-bond acceptors (Lipinski definition) is 2. The third kappa shape index (κ3) is 2.61. The molecule has 0 saturated carbocycles. The Bertz CT molecular complexity index is 439. The van der Waals surface area contributed by atoms with Crippen LogP contribution in [0.15, 0.2) is 48.5 Å². The van der Waals surface area contributed by atoms with Crippen molar-refractivity contribution in [3.63, 3.8) is 0 Å². The highest BCUT2D eigenvalue weighted by molar-refractivity contribution is 5.32. The average molecular weight is 212 g/mol. The zero-order valence-corrected chi connectivity index (χ0v) is 9.02. The smallest absolute Gasteiger partial charge is 0.124 e. The van der Waals surface area contributed by atoms with Gasteiger partial charge in [-0.15, -0.1) is 0 Å². The van der Waals surface area contributed by atoms with Crippen LogP contribution in [0.3, 0.4) is 0 Å². The molecule has 0 atom stereocenters. The van der Waals surface area contributed by atoms with Crippen LogP contribution in [0, 0.1) is 6.07 Å². The van der Waals surface area contributed by atoms with Crippen molar-refractivity contribution in [2.24, 2.45) is 5.73 Å². The predicted molar refractivity (Wildman–Crippen MR) is 63.9 cm³/mol. The highest BCUT2D eigenvalue weighted by atomic mass is 16.5. The van der Waals surface area contributed by atoms with E-state index in [-0.39, 0.29) is 0 Å². The maximum absolute atomic E-state index is 5.70. The molecular weight excluding hydrogens is 198 g/mol. The van der Waals surface area contributed by atoms with E-state index in [2.05, 4.69) is 6.07 Å². The van der Waals surface area contributed by atoms with Crippen molar-refractivity contribution < 1.29 is 4.74 Å². The van der Waals surface area contributed by atoms with Crippen molar-refractivity contribution >= 4 is 0 Å². The molecule has 2 rings (SSSR count). The summed E-state index contributed by atoms with van der Waals surface area (Å²) in [5.74, 6) is 0.814. The van der Waals surface area contributed by atoms with E-state index in [1.807, 2.05) is 48.5 Å². The fourth-order valence-corrected chi connectivity index (χ4v) is 1.49. The molecule has 0 spiro atoms. The van der Waals surface area contributed by atoms with Crippen LogP contribution in [0.2, 0.25) is 0 Å². The van der Waals surface area contributed by atoms with Crippen molar-refractivity contribution in [2.75, 3.05) is 0 Å². The average Bonchev–Trinajstić information content (AvgIpc) is 2.38. The van der Waals surface area contributed by atoms with Gasteiger partial charge in [0.2, 0.25) is 0 Å². The second-order valence-corrected chi connectivity index (χ2v) is 3.51. The van der Waals surface area contributed by atoms with Crippen LogP contribution in [0.1, 0.15) is 11.1 Å². The van der Waals surface area contributed by atoms with Crippen LogP contribution in [-0.2, 0) is 13.2 Å². The lowest BCUT2D eigenvalue weighted by Crippen LogP contribution is -2.02. The molecule has 2 heteroatoms. The van der Waals surface area contributed by atoms with Crippen molar-refractivity contribution in [1.82, 2.24) is 0 Å². The van der Waals surface area contributed by atoms with E-state index >= 15 is 0 Å². The Hall–Kier alpha value is -1.80. The molecule has 2 aromatic carbocycles. The maximum atomic E-state index is 5.70. The fourth-order valence-electron chi connectivity index (χ4n) is 1.49. The molecule has 0 saturated heterocycles. The number of hydrogen-bond donors (Lipinski definition) is 1.